The average Bonchev–Trinajstić information content (AvgIpc) is 2.99. The lowest BCUT2D eigenvalue weighted by Gasteiger charge is -2.03. The van der Waals surface area contributed by atoms with E-state index in [-0.39, 0.29) is 24.0 Å². The third-order valence-corrected chi connectivity index (χ3v) is 2.49. The Morgan fingerprint density at radius 2 is 2.25 bits per heavy atom. The van der Waals surface area contributed by atoms with E-state index in [1.807, 2.05) is 24.3 Å². The molecule has 0 radical (unpaired) electrons. The van der Waals surface area contributed by atoms with E-state index >= 15 is 0 Å². The summed E-state index contributed by atoms with van der Waals surface area (Å²) in [6.07, 6.45) is 2.40. The van der Waals surface area contributed by atoms with Gasteiger partial charge in [0.1, 0.15) is 0 Å². The summed E-state index contributed by atoms with van der Waals surface area (Å²) in [5.74, 6) is 0.525. The summed E-state index contributed by atoms with van der Waals surface area (Å²) >= 11 is 5.86. The molecular formula is C11H15ClIN3. The second kappa shape index (κ2) is 6.30. The molecule has 2 rings (SSSR count). The van der Waals surface area contributed by atoms with Crippen LogP contribution in [0.2, 0.25) is 5.02 Å². The number of benzene rings is 1. The number of hydrogen-bond acceptors (Lipinski definition) is 1. The maximum absolute atomic E-state index is 5.86. The van der Waals surface area contributed by atoms with Crippen LogP contribution in [0.25, 0.3) is 0 Å². The Morgan fingerprint density at radius 3 is 2.88 bits per heavy atom. The summed E-state index contributed by atoms with van der Waals surface area (Å²) in [7, 11) is 0. The van der Waals surface area contributed by atoms with E-state index in [1.165, 1.54) is 12.8 Å². The van der Waals surface area contributed by atoms with Crippen LogP contribution in [0.3, 0.4) is 0 Å². The zero-order valence-corrected chi connectivity index (χ0v) is 11.9. The summed E-state index contributed by atoms with van der Waals surface area (Å²) < 4.78 is 0. The Kier molecular flexibility index (Phi) is 5.34. The summed E-state index contributed by atoms with van der Waals surface area (Å²) in [5, 5.41) is 3.87. The van der Waals surface area contributed by atoms with E-state index in [0.717, 1.165) is 10.6 Å². The number of guanidine groups is 1. The monoisotopic (exact) mass is 351 g/mol. The van der Waals surface area contributed by atoms with Gasteiger partial charge >= 0.3 is 0 Å². The molecule has 1 aromatic rings. The number of rotatable bonds is 3. The minimum absolute atomic E-state index is 0. The van der Waals surface area contributed by atoms with Crippen LogP contribution in [-0.4, -0.2) is 12.0 Å². The maximum atomic E-state index is 5.86. The first kappa shape index (κ1) is 13.6. The minimum atomic E-state index is 0. The summed E-state index contributed by atoms with van der Waals surface area (Å²) in [4.78, 5) is 4.24. The van der Waals surface area contributed by atoms with Gasteiger partial charge in [-0.1, -0.05) is 23.7 Å². The van der Waals surface area contributed by atoms with Gasteiger partial charge in [-0.2, -0.15) is 0 Å². The smallest absolute Gasteiger partial charge is 0.189 e. The molecule has 0 bridgehead atoms. The molecule has 1 aromatic carbocycles. The average molecular weight is 352 g/mol. The summed E-state index contributed by atoms with van der Waals surface area (Å²) in [5.41, 5.74) is 6.78. The van der Waals surface area contributed by atoms with Crippen molar-refractivity contribution >= 4 is 41.5 Å². The number of nitrogens with one attached hydrogen (secondary N) is 1. The van der Waals surface area contributed by atoms with Crippen molar-refractivity contribution in [3.8, 4) is 0 Å². The van der Waals surface area contributed by atoms with E-state index in [1.54, 1.807) is 0 Å². The first-order valence-corrected chi connectivity index (χ1v) is 5.43. The lowest BCUT2D eigenvalue weighted by Crippen LogP contribution is -2.33. The van der Waals surface area contributed by atoms with Crippen molar-refractivity contribution in [2.24, 2.45) is 10.7 Å². The minimum Gasteiger partial charge on any atom is -0.370 e. The highest BCUT2D eigenvalue weighted by Crippen LogP contribution is 2.18. The van der Waals surface area contributed by atoms with Crippen LogP contribution in [0, 0.1) is 0 Å². The third kappa shape index (κ3) is 4.57. The summed E-state index contributed by atoms with van der Waals surface area (Å²) in [6.45, 7) is 0.576. The quantitative estimate of drug-likeness (QED) is 0.499. The van der Waals surface area contributed by atoms with Crippen molar-refractivity contribution in [1.29, 1.82) is 0 Å². The van der Waals surface area contributed by atoms with Crippen molar-refractivity contribution in [2.45, 2.75) is 25.4 Å². The molecule has 0 amide bonds. The largest absolute Gasteiger partial charge is 0.370 e. The second-order valence-corrected chi connectivity index (χ2v) is 4.19. The molecule has 16 heavy (non-hydrogen) atoms. The van der Waals surface area contributed by atoms with Crippen molar-refractivity contribution < 1.29 is 0 Å². The van der Waals surface area contributed by atoms with Crippen LogP contribution >= 0.6 is 35.6 Å². The van der Waals surface area contributed by atoms with Crippen molar-refractivity contribution in [3.05, 3.63) is 34.9 Å². The topological polar surface area (TPSA) is 50.4 Å². The van der Waals surface area contributed by atoms with Crippen molar-refractivity contribution in [1.82, 2.24) is 5.32 Å². The molecule has 3 N–H and O–H groups in total. The molecule has 0 spiro atoms. The number of aliphatic imine (C=N–C) groups is 1. The van der Waals surface area contributed by atoms with Crippen LogP contribution in [0.1, 0.15) is 18.4 Å². The lowest BCUT2D eigenvalue weighted by molar-refractivity contribution is 0.879. The van der Waals surface area contributed by atoms with Crippen LogP contribution in [0.4, 0.5) is 0 Å². The van der Waals surface area contributed by atoms with E-state index in [9.17, 15) is 0 Å². The molecule has 0 aromatic heterocycles. The molecule has 0 unspecified atom stereocenters. The highest BCUT2D eigenvalue weighted by atomic mass is 127. The first-order chi connectivity index (χ1) is 7.24. The van der Waals surface area contributed by atoms with Gasteiger partial charge in [-0.3, -0.25) is 0 Å². The Balaban J connectivity index is 0.00000128. The normalized spacial score (nSPS) is 15.4. The number of nitrogens with zero attached hydrogens (tertiary/aromatic N) is 1. The number of hydrogen-bond donors (Lipinski definition) is 2. The molecule has 1 aliphatic rings. The van der Waals surface area contributed by atoms with Crippen molar-refractivity contribution in [3.63, 3.8) is 0 Å². The molecular weight excluding hydrogens is 336 g/mol. The SMILES string of the molecule is I.NC(=NCc1cccc(Cl)c1)NC1CC1. The van der Waals surface area contributed by atoms with Gasteiger partial charge < -0.3 is 11.1 Å². The van der Waals surface area contributed by atoms with Crippen LogP contribution in [0.15, 0.2) is 29.3 Å². The van der Waals surface area contributed by atoms with Crippen LogP contribution < -0.4 is 11.1 Å². The molecule has 1 fully saturated rings. The van der Waals surface area contributed by atoms with Crippen molar-refractivity contribution in [2.75, 3.05) is 0 Å². The number of halogens is 2. The fourth-order valence-corrected chi connectivity index (χ4v) is 1.51. The van der Waals surface area contributed by atoms with Crippen LogP contribution in [-0.2, 0) is 6.54 Å². The van der Waals surface area contributed by atoms with Gasteiger partial charge in [-0.15, -0.1) is 24.0 Å². The van der Waals surface area contributed by atoms with E-state index in [2.05, 4.69) is 10.3 Å². The van der Waals surface area contributed by atoms with Gasteiger partial charge in [0.2, 0.25) is 0 Å². The second-order valence-electron chi connectivity index (χ2n) is 3.75. The molecule has 3 nitrogen and oxygen atoms in total. The Bertz CT molecular complexity index is 377. The van der Waals surface area contributed by atoms with Gasteiger partial charge in [0.05, 0.1) is 6.54 Å². The van der Waals surface area contributed by atoms with E-state index < -0.39 is 0 Å². The van der Waals surface area contributed by atoms with Gasteiger partial charge in [0.15, 0.2) is 5.96 Å². The van der Waals surface area contributed by atoms with E-state index in [4.69, 9.17) is 17.3 Å². The van der Waals surface area contributed by atoms with Gasteiger partial charge in [0, 0.05) is 11.1 Å². The Morgan fingerprint density at radius 1 is 1.50 bits per heavy atom. The zero-order chi connectivity index (χ0) is 10.7. The molecule has 0 saturated heterocycles. The third-order valence-electron chi connectivity index (χ3n) is 2.25. The van der Waals surface area contributed by atoms with Crippen LogP contribution in [0.5, 0.6) is 0 Å². The standard InChI is InChI=1S/C11H14ClN3.HI/c12-9-3-1-2-8(6-9)7-14-11(13)15-10-4-5-10;/h1-3,6,10H,4-5,7H2,(H3,13,14,15);1H. The Labute approximate surface area is 117 Å². The molecule has 0 heterocycles. The zero-order valence-electron chi connectivity index (χ0n) is 8.82. The molecule has 88 valence electrons. The highest BCUT2D eigenvalue weighted by Gasteiger charge is 2.21. The number of nitrogens with two attached hydrogens (primary N) is 1. The van der Waals surface area contributed by atoms with E-state index in [0.29, 0.717) is 18.5 Å². The fourth-order valence-electron chi connectivity index (χ4n) is 1.29. The maximum Gasteiger partial charge on any atom is 0.189 e. The molecule has 0 atom stereocenters. The molecule has 5 heteroatoms. The highest BCUT2D eigenvalue weighted by molar-refractivity contribution is 14.0. The molecule has 0 aliphatic heterocycles. The molecule has 1 saturated carbocycles. The molecule has 1 aliphatic carbocycles. The predicted octanol–water partition coefficient (Wildman–Crippen LogP) is 2.52. The fraction of sp³-hybridized carbons (Fsp3) is 0.364. The lowest BCUT2D eigenvalue weighted by atomic mass is 10.2. The van der Waals surface area contributed by atoms with Gasteiger partial charge in [-0.05, 0) is 30.5 Å². The van der Waals surface area contributed by atoms with Gasteiger partial charge in [-0.25, -0.2) is 4.99 Å². The Hall–Kier alpha value is -0.490. The predicted molar refractivity (Wildman–Crippen MR) is 78.4 cm³/mol. The summed E-state index contributed by atoms with van der Waals surface area (Å²) in [6, 6.07) is 8.20. The first-order valence-electron chi connectivity index (χ1n) is 5.05. The van der Waals surface area contributed by atoms with Gasteiger partial charge in [0.25, 0.3) is 0 Å².